The van der Waals surface area contributed by atoms with Crippen molar-refractivity contribution < 1.29 is 19.8 Å². The molecule has 92 valence electrons. The normalized spacial score (nSPS) is 26.1. The molecule has 0 spiro atoms. The summed E-state index contributed by atoms with van der Waals surface area (Å²) in [6.07, 6.45) is 2.67. The molecular formula is C10H8N4O4. The van der Waals surface area contributed by atoms with E-state index < -0.39 is 29.7 Å². The molecule has 0 amide bonds. The number of aromatic amines is 1. The lowest BCUT2D eigenvalue weighted by molar-refractivity contribution is -0.144. The molecule has 0 aromatic carbocycles. The lowest BCUT2D eigenvalue weighted by Gasteiger charge is -1.98. The van der Waals surface area contributed by atoms with Crippen molar-refractivity contribution in [3.63, 3.8) is 0 Å². The van der Waals surface area contributed by atoms with Crippen LogP contribution in [-0.2, 0) is 9.59 Å². The Bertz CT molecular complexity index is 632. The highest BCUT2D eigenvalue weighted by Crippen LogP contribution is 2.54. The summed E-state index contributed by atoms with van der Waals surface area (Å²) < 4.78 is 0. The summed E-state index contributed by atoms with van der Waals surface area (Å²) in [4.78, 5) is 36.6. The fourth-order valence-corrected chi connectivity index (χ4v) is 2.30. The van der Waals surface area contributed by atoms with Crippen molar-refractivity contribution in [2.24, 2.45) is 11.8 Å². The van der Waals surface area contributed by atoms with Gasteiger partial charge in [0.15, 0.2) is 5.65 Å². The third-order valence-corrected chi connectivity index (χ3v) is 3.16. The molecule has 1 fully saturated rings. The van der Waals surface area contributed by atoms with Crippen LogP contribution in [-0.4, -0.2) is 42.1 Å². The van der Waals surface area contributed by atoms with Crippen molar-refractivity contribution in [2.75, 3.05) is 0 Å². The summed E-state index contributed by atoms with van der Waals surface area (Å²) in [6.45, 7) is 0. The fraction of sp³-hybridized carbons (Fsp3) is 0.300. The number of rotatable bonds is 3. The predicted octanol–water partition coefficient (Wildman–Crippen LogP) is -0.148. The largest absolute Gasteiger partial charge is 0.481 e. The van der Waals surface area contributed by atoms with Gasteiger partial charge in [-0.15, -0.1) is 0 Å². The van der Waals surface area contributed by atoms with Gasteiger partial charge in [-0.25, -0.2) is 15.0 Å². The highest BCUT2D eigenvalue weighted by molar-refractivity contribution is 5.90. The molecule has 2 aromatic heterocycles. The van der Waals surface area contributed by atoms with E-state index in [1.54, 1.807) is 0 Å². The van der Waals surface area contributed by atoms with E-state index in [1.165, 1.54) is 12.7 Å². The zero-order valence-electron chi connectivity index (χ0n) is 8.94. The Balaban J connectivity index is 2.08. The molecule has 3 rings (SSSR count). The number of fused-ring (bicyclic) bond motifs is 1. The number of carboxylic acids is 2. The predicted molar refractivity (Wildman–Crippen MR) is 56.7 cm³/mol. The van der Waals surface area contributed by atoms with Gasteiger partial charge in [0.2, 0.25) is 0 Å². The lowest BCUT2D eigenvalue weighted by Crippen LogP contribution is -2.05. The molecule has 0 bridgehead atoms. The molecule has 0 aliphatic heterocycles. The Labute approximate surface area is 99.7 Å². The number of aliphatic carboxylic acids is 2. The van der Waals surface area contributed by atoms with Gasteiger partial charge in [0, 0.05) is 5.92 Å². The minimum atomic E-state index is -1.13. The Kier molecular flexibility index (Phi) is 2.06. The van der Waals surface area contributed by atoms with Crippen LogP contribution in [0.1, 0.15) is 11.6 Å². The molecule has 3 N–H and O–H groups in total. The molecule has 0 saturated heterocycles. The van der Waals surface area contributed by atoms with Crippen molar-refractivity contribution in [3.8, 4) is 0 Å². The van der Waals surface area contributed by atoms with Crippen LogP contribution in [0, 0.1) is 11.8 Å². The number of nitrogens with zero attached hydrogens (tertiary/aromatic N) is 3. The second kappa shape index (κ2) is 3.49. The van der Waals surface area contributed by atoms with E-state index in [9.17, 15) is 9.59 Å². The van der Waals surface area contributed by atoms with Gasteiger partial charge in [0.05, 0.1) is 23.9 Å². The first-order valence-corrected chi connectivity index (χ1v) is 5.21. The second-order valence-corrected chi connectivity index (χ2v) is 4.11. The van der Waals surface area contributed by atoms with Crippen LogP contribution in [0.2, 0.25) is 0 Å². The topological polar surface area (TPSA) is 129 Å². The molecule has 8 nitrogen and oxygen atoms in total. The van der Waals surface area contributed by atoms with E-state index in [2.05, 4.69) is 19.9 Å². The number of hydrogen-bond acceptors (Lipinski definition) is 5. The fourth-order valence-electron chi connectivity index (χ4n) is 2.30. The minimum Gasteiger partial charge on any atom is -0.481 e. The Hall–Kier alpha value is -2.51. The van der Waals surface area contributed by atoms with Gasteiger partial charge in [-0.3, -0.25) is 9.59 Å². The van der Waals surface area contributed by atoms with E-state index in [0.29, 0.717) is 16.9 Å². The zero-order valence-corrected chi connectivity index (χ0v) is 8.94. The number of nitrogens with one attached hydrogen (secondary N) is 1. The van der Waals surface area contributed by atoms with Crippen LogP contribution in [0.15, 0.2) is 12.7 Å². The van der Waals surface area contributed by atoms with Gasteiger partial charge in [-0.1, -0.05) is 0 Å². The van der Waals surface area contributed by atoms with E-state index >= 15 is 0 Å². The van der Waals surface area contributed by atoms with Crippen molar-refractivity contribution in [1.82, 2.24) is 19.9 Å². The maximum atomic E-state index is 11.0. The minimum absolute atomic E-state index is 0.400. The van der Waals surface area contributed by atoms with Crippen molar-refractivity contribution in [1.29, 1.82) is 0 Å². The molecule has 0 radical (unpaired) electrons. The lowest BCUT2D eigenvalue weighted by atomic mass is 10.2. The van der Waals surface area contributed by atoms with Gasteiger partial charge >= 0.3 is 11.9 Å². The number of aromatic nitrogens is 4. The van der Waals surface area contributed by atoms with Crippen molar-refractivity contribution in [2.45, 2.75) is 5.92 Å². The van der Waals surface area contributed by atoms with E-state index in [-0.39, 0.29) is 0 Å². The van der Waals surface area contributed by atoms with Gasteiger partial charge in [-0.05, 0) is 0 Å². The second-order valence-electron chi connectivity index (χ2n) is 4.11. The third kappa shape index (κ3) is 1.35. The van der Waals surface area contributed by atoms with Crippen LogP contribution in [0.25, 0.3) is 11.2 Å². The Morgan fingerprint density at radius 1 is 1.11 bits per heavy atom. The molecule has 8 heteroatoms. The molecule has 2 heterocycles. The number of H-pyrrole nitrogens is 1. The Morgan fingerprint density at radius 2 is 1.78 bits per heavy atom. The van der Waals surface area contributed by atoms with Gasteiger partial charge in [0.25, 0.3) is 0 Å². The maximum absolute atomic E-state index is 11.0. The zero-order chi connectivity index (χ0) is 12.9. The van der Waals surface area contributed by atoms with Crippen LogP contribution >= 0.6 is 0 Å². The molecule has 1 saturated carbocycles. The number of imidazole rings is 1. The number of carboxylic acid groups (broad SMARTS) is 2. The van der Waals surface area contributed by atoms with Crippen LogP contribution < -0.4 is 0 Å². The van der Waals surface area contributed by atoms with Crippen LogP contribution in [0.4, 0.5) is 0 Å². The molecule has 3 atom stereocenters. The summed E-state index contributed by atoms with van der Waals surface area (Å²) in [5, 5.41) is 18.0. The first kappa shape index (κ1) is 10.6. The third-order valence-electron chi connectivity index (χ3n) is 3.16. The summed E-state index contributed by atoms with van der Waals surface area (Å²) in [6, 6.07) is 0. The maximum Gasteiger partial charge on any atom is 0.308 e. The molecule has 18 heavy (non-hydrogen) atoms. The highest BCUT2D eigenvalue weighted by Gasteiger charge is 2.61. The summed E-state index contributed by atoms with van der Waals surface area (Å²) in [5.41, 5.74) is 1.30. The first-order valence-electron chi connectivity index (χ1n) is 5.21. The van der Waals surface area contributed by atoms with Gasteiger partial charge in [0.1, 0.15) is 11.8 Å². The quantitative estimate of drug-likeness (QED) is 0.688. The average molecular weight is 248 g/mol. The van der Waals surface area contributed by atoms with Crippen LogP contribution in [0.3, 0.4) is 0 Å². The first-order chi connectivity index (χ1) is 8.61. The van der Waals surface area contributed by atoms with E-state index in [1.807, 2.05) is 0 Å². The highest BCUT2D eigenvalue weighted by atomic mass is 16.4. The average Bonchev–Trinajstić information content (AvgIpc) is 2.90. The molecule has 1 aliphatic rings. The molecule has 2 aromatic rings. The van der Waals surface area contributed by atoms with Crippen LogP contribution in [0.5, 0.6) is 0 Å². The standard InChI is InChI=1S/C10H8N4O4/c15-9(16)4-3(5(4)10(17)18)6-7-8(13-1-11-6)14-2-12-7/h1-5H,(H,15,16)(H,17,18)(H,11,12,13,14)/t3?,4-,5+. The summed E-state index contributed by atoms with van der Waals surface area (Å²) in [7, 11) is 0. The smallest absolute Gasteiger partial charge is 0.308 e. The van der Waals surface area contributed by atoms with Crippen molar-refractivity contribution in [3.05, 3.63) is 18.3 Å². The Morgan fingerprint density at radius 3 is 2.39 bits per heavy atom. The number of carbonyl (C=O) groups is 2. The van der Waals surface area contributed by atoms with Gasteiger partial charge in [-0.2, -0.15) is 0 Å². The molecule has 1 unspecified atom stereocenters. The van der Waals surface area contributed by atoms with E-state index in [4.69, 9.17) is 10.2 Å². The summed E-state index contributed by atoms with van der Waals surface area (Å²) >= 11 is 0. The SMILES string of the molecule is O=C(O)[C@@H]1C(c2ncnc3nc[nH]c23)[C@@H]1C(=O)O. The monoisotopic (exact) mass is 248 g/mol. The number of hydrogen-bond donors (Lipinski definition) is 3. The van der Waals surface area contributed by atoms with Gasteiger partial charge < -0.3 is 15.2 Å². The summed E-state index contributed by atoms with van der Waals surface area (Å²) in [5.74, 6) is -4.77. The molecule has 1 aliphatic carbocycles. The molecular weight excluding hydrogens is 240 g/mol. The van der Waals surface area contributed by atoms with Crippen molar-refractivity contribution >= 4 is 23.1 Å². The van der Waals surface area contributed by atoms with E-state index in [0.717, 1.165) is 0 Å².